The molecule has 1 aromatic carbocycles. The van der Waals surface area contributed by atoms with Crippen LogP contribution in [0.4, 0.5) is 0 Å². The summed E-state index contributed by atoms with van der Waals surface area (Å²) in [5, 5.41) is 3.11. The van der Waals surface area contributed by atoms with Crippen molar-refractivity contribution in [3.8, 4) is 5.75 Å². The minimum absolute atomic E-state index is 0.0236. The quantitative estimate of drug-likeness (QED) is 0.928. The van der Waals surface area contributed by atoms with Crippen molar-refractivity contribution in [2.75, 3.05) is 13.2 Å². The van der Waals surface area contributed by atoms with E-state index >= 15 is 0 Å². The van der Waals surface area contributed by atoms with E-state index in [1.54, 1.807) is 0 Å². The van der Waals surface area contributed by atoms with Crippen molar-refractivity contribution >= 4 is 5.91 Å². The third kappa shape index (κ3) is 3.43. The van der Waals surface area contributed by atoms with Crippen LogP contribution in [0.2, 0.25) is 0 Å². The van der Waals surface area contributed by atoms with Crippen molar-refractivity contribution < 1.29 is 14.3 Å². The molecule has 120 valence electrons. The molecule has 2 aliphatic rings. The van der Waals surface area contributed by atoms with E-state index in [1.807, 2.05) is 31.2 Å². The lowest BCUT2D eigenvalue weighted by Gasteiger charge is -2.32. The molecule has 3 rings (SSSR count). The Balaban J connectivity index is 1.55. The van der Waals surface area contributed by atoms with E-state index in [-0.39, 0.29) is 17.6 Å². The largest absolute Gasteiger partial charge is 0.494 e. The monoisotopic (exact) mass is 303 g/mol. The SMILES string of the molecule is CCOc1ccc(C(=O)N[C@@H]2COC3(CCCCC3)C2)cc1. The second-order valence-corrected chi connectivity index (χ2v) is 6.39. The summed E-state index contributed by atoms with van der Waals surface area (Å²) in [5.41, 5.74) is 0.711. The molecule has 1 heterocycles. The first-order valence-electron chi connectivity index (χ1n) is 8.38. The number of carbonyl (C=O) groups excluding carboxylic acids is 1. The van der Waals surface area contributed by atoms with E-state index in [1.165, 1.54) is 19.3 Å². The van der Waals surface area contributed by atoms with Crippen LogP contribution in [0.3, 0.4) is 0 Å². The molecule has 4 nitrogen and oxygen atoms in total. The zero-order valence-corrected chi connectivity index (χ0v) is 13.3. The number of rotatable bonds is 4. The topological polar surface area (TPSA) is 47.6 Å². The highest BCUT2D eigenvalue weighted by Crippen LogP contribution is 2.39. The Hall–Kier alpha value is -1.55. The van der Waals surface area contributed by atoms with Gasteiger partial charge in [0.05, 0.1) is 24.9 Å². The van der Waals surface area contributed by atoms with Crippen LogP contribution in [0, 0.1) is 0 Å². The smallest absolute Gasteiger partial charge is 0.251 e. The number of hydrogen-bond acceptors (Lipinski definition) is 3. The van der Waals surface area contributed by atoms with E-state index in [4.69, 9.17) is 9.47 Å². The Kier molecular flexibility index (Phi) is 4.67. The minimum Gasteiger partial charge on any atom is -0.494 e. The second-order valence-electron chi connectivity index (χ2n) is 6.39. The van der Waals surface area contributed by atoms with Gasteiger partial charge in [-0.3, -0.25) is 4.79 Å². The maximum Gasteiger partial charge on any atom is 0.251 e. The van der Waals surface area contributed by atoms with Crippen LogP contribution in [-0.4, -0.2) is 30.8 Å². The molecular formula is C18H25NO3. The molecule has 2 fully saturated rings. The van der Waals surface area contributed by atoms with Crippen molar-refractivity contribution in [1.82, 2.24) is 5.32 Å². The number of ether oxygens (including phenoxy) is 2. The lowest BCUT2D eigenvalue weighted by molar-refractivity contribution is -0.0246. The van der Waals surface area contributed by atoms with Crippen molar-refractivity contribution in [1.29, 1.82) is 0 Å². The first-order valence-corrected chi connectivity index (χ1v) is 8.38. The summed E-state index contributed by atoms with van der Waals surface area (Å²) in [5.74, 6) is 0.772. The second kappa shape index (κ2) is 6.69. The summed E-state index contributed by atoms with van der Waals surface area (Å²) in [6.45, 7) is 3.22. The Bertz CT molecular complexity index is 506. The molecular weight excluding hydrogens is 278 g/mol. The molecule has 1 amide bonds. The number of nitrogens with one attached hydrogen (secondary N) is 1. The van der Waals surface area contributed by atoms with Gasteiger partial charge in [-0.15, -0.1) is 0 Å². The van der Waals surface area contributed by atoms with Crippen LogP contribution in [0.15, 0.2) is 24.3 Å². The molecule has 0 aromatic heterocycles. The van der Waals surface area contributed by atoms with Gasteiger partial charge in [0.2, 0.25) is 0 Å². The maximum atomic E-state index is 12.3. The Labute approximate surface area is 132 Å². The highest BCUT2D eigenvalue weighted by Gasteiger charge is 2.41. The highest BCUT2D eigenvalue weighted by molar-refractivity contribution is 5.94. The first kappa shape index (κ1) is 15.3. The van der Waals surface area contributed by atoms with Gasteiger partial charge in [0.15, 0.2) is 0 Å². The average Bonchev–Trinajstić information content (AvgIpc) is 2.91. The number of benzene rings is 1. The number of carbonyl (C=O) groups is 1. The van der Waals surface area contributed by atoms with Crippen LogP contribution >= 0.6 is 0 Å². The van der Waals surface area contributed by atoms with Crippen molar-refractivity contribution in [3.63, 3.8) is 0 Å². The standard InChI is InChI=1S/C18H25NO3/c1-2-21-16-8-6-14(7-9-16)17(20)19-15-12-18(22-13-15)10-4-3-5-11-18/h6-9,15H,2-5,10-13H2,1H3,(H,19,20)/t15-/m0/s1. The number of amides is 1. The lowest BCUT2D eigenvalue weighted by atomic mass is 9.82. The van der Waals surface area contributed by atoms with Crippen LogP contribution in [-0.2, 0) is 4.74 Å². The molecule has 1 aliphatic heterocycles. The van der Waals surface area contributed by atoms with Gasteiger partial charge in [-0.05, 0) is 50.5 Å². The van der Waals surface area contributed by atoms with E-state index < -0.39 is 0 Å². The summed E-state index contributed by atoms with van der Waals surface area (Å²) in [6.07, 6.45) is 7.05. The third-order valence-electron chi connectivity index (χ3n) is 4.74. The molecule has 0 radical (unpaired) electrons. The molecule has 1 aliphatic carbocycles. The van der Waals surface area contributed by atoms with Gasteiger partial charge >= 0.3 is 0 Å². The molecule has 1 atom stereocenters. The fourth-order valence-electron chi connectivity index (χ4n) is 3.62. The fourth-order valence-corrected chi connectivity index (χ4v) is 3.62. The van der Waals surface area contributed by atoms with Gasteiger partial charge in [-0.2, -0.15) is 0 Å². The Morgan fingerprint density at radius 2 is 2.00 bits per heavy atom. The van der Waals surface area contributed by atoms with E-state index in [0.29, 0.717) is 18.8 Å². The molecule has 22 heavy (non-hydrogen) atoms. The van der Waals surface area contributed by atoms with Crippen LogP contribution in [0.5, 0.6) is 5.75 Å². The summed E-state index contributed by atoms with van der Waals surface area (Å²) >= 11 is 0. The Morgan fingerprint density at radius 1 is 1.27 bits per heavy atom. The van der Waals surface area contributed by atoms with Crippen molar-refractivity contribution in [2.45, 2.75) is 57.1 Å². The number of hydrogen-bond donors (Lipinski definition) is 1. The van der Waals surface area contributed by atoms with Gasteiger partial charge in [0, 0.05) is 5.56 Å². The molecule has 0 bridgehead atoms. The van der Waals surface area contributed by atoms with Crippen molar-refractivity contribution in [2.24, 2.45) is 0 Å². The van der Waals surface area contributed by atoms with Gasteiger partial charge in [-0.25, -0.2) is 0 Å². The maximum absolute atomic E-state index is 12.3. The van der Waals surface area contributed by atoms with Gasteiger partial charge < -0.3 is 14.8 Å². The molecule has 1 saturated heterocycles. The molecule has 1 spiro atoms. The average molecular weight is 303 g/mol. The zero-order chi connectivity index (χ0) is 15.4. The summed E-state index contributed by atoms with van der Waals surface area (Å²) in [6, 6.07) is 7.44. The molecule has 1 saturated carbocycles. The van der Waals surface area contributed by atoms with E-state index in [2.05, 4.69) is 5.32 Å². The Morgan fingerprint density at radius 3 is 2.68 bits per heavy atom. The fraction of sp³-hybridized carbons (Fsp3) is 0.611. The third-order valence-corrected chi connectivity index (χ3v) is 4.74. The first-order chi connectivity index (χ1) is 10.7. The molecule has 1 aromatic rings. The minimum atomic E-state index is -0.0236. The molecule has 0 unspecified atom stereocenters. The zero-order valence-electron chi connectivity index (χ0n) is 13.3. The van der Waals surface area contributed by atoms with Gasteiger partial charge in [-0.1, -0.05) is 19.3 Å². The highest BCUT2D eigenvalue weighted by atomic mass is 16.5. The van der Waals surface area contributed by atoms with E-state index in [0.717, 1.165) is 25.0 Å². The molecule has 1 N–H and O–H groups in total. The predicted octanol–water partition coefficient (Wildman–Crippen LogP) is 3.31. The van der Waals surface area contributed by atoms with Gasteiger partial charge in [0.1, 0.15) is 5.75 Å². The normalized spacial score (nSPS) is 23.4. The molecule has 4 heteroatoms. The van der Waals surface area contributed by atoms with E-state index in [9.17, 15) is 4.79 Å². The van der Waals surface area contributed by atoms with Crippen LogP contribution in [0.25, 0.3) is 0 Å². The summed E-state index contributed by atoms with van der Waals surface area (Å²) in [7, 11) is 0. The van der Waals surface area contributed by atoms with Crippen molar-refractivity contribution in [3.05, 3.63) is 29.8 Å². The van der Waals surface area contributed by atoms with Gasteiger partial charge in [0.25, 0.3) is 5.91 Å². The summed E-state index contributed by atoms with van der Waals surface area (Å²) < 4.78 is 11.4. The van der Waals surface area contributed by atoms with Crippen LogP contribution < -0.4 is 10.1 Å². The lowest BCUT2D eigenvalue weighted by Crippen LogP contribution is -2.37. The van der Waals surface area contributed by atoms with Crippen LogP contribution in [0.1, 0.15) is 55.8 Å². The summed E-state index contributed by atoms with van der Waals surface area (Å²) in [4.78, 5) is 12.3. The predicted molar refractivity (Wildman–Crippen MR) is 85.3 cm³/mol.